The second kappa shape index (κ2) is 63.7. The summed E-state index contributed by atoms with van der Waals surface area (Å²) in [4.78, 5) is 0. The highest BCUT2D eigenvalue weighted by Gasteiger charge is 2.14. The van der Waals surface area contributed by atoms with Gasteiger partial charge in [0.15, 0.2) is 25.2 Å². The van der Waals surface area contributed by atoms with Gasteiger partial charge in [0.05, 0.1) is 0 Å². The summed E-state index contributed by atoms with van der Waals surface area (Å²) in [7, 11) is 0. The van der Waals surface area contributed by atoms with Crippen molar-refractivity contribution in [1.82, 2.24) is 0 Å². The smallest absolute Gasteiger partial charge is 0.180 e. The zero-order valence-electron chi connectivity index (χ0n) is 50.2. The molecule has 0 aromatic carbocycles. The predicted molar refractivity (Wildman–Crippen MR) is 317 cm³/mol. The number of hydrogen-bond acceptors (Lipinski definition) is 7. The van der Waals surface area contributed by atoms with E-state index < -0.39 is 12.6 Å². The van der Waals surface area contributed by atoms with Crippen LogP contribution in [0.3, 0.4) is 0 Å². The minimum absolute atomic E-state index is 0.0165. The Labute approximate surface area is 457 Å². The van der Waals surface area contributed by atoms with Crippen LogP contribution in [-0.2, 0) is 33.2 Å². The molecule has 0 spiro atoms. The highest BCUT2D eigenvalue weighted by molar-refractivity contribution is 4.89. The van der Waals surface area contributed by atoms with Crippen molar-refractivity contribution in [3.05, 3.63) is 24.3 Å². The Kier molecular flexibility index (Phi) is 63.0. The van der Waals surface area contributed by atoms with Crippen molar-refractivity contribution >= 4 is 0 Å². The Morgan fingerprint density at radius 3 is 0.740 bits per heavy atom. The van der Waals surface area contributed by atoms with Crippen LogP contribution < -0.4 is 0 Å². The fourth-order valence-electron chi connectivity index (χ4n) is 9.60. The number of ether oxygens (including phenoxy) is 7. The molecule has 0 rings (SSSR count). The first-order valence-electron chi connectivity index (χ1n) is 32.8. The lowest BCUT2D eigenvalue weighted by molar-refractivity contribution is -0.204. The van der Waals surface area contributed by atoms with E-state index in [4.69, 9.17) is 33.2 Å². The molecule has 0 bridgehead atoms. The Bertz CT molecular complexity index is 932. The normalized spacial score (nSPS) is 13.0. The summed E-state index contributed by atoms with van der Waals surface area (Å²) in [6.07, 6.45) is 66.6. The van der Waals surface area contributed by atoms with Crippen molar-refractivity contribution in [2.45, 2.75) is 362 Å². The molecule has 0 heterocycles. The average molecular weight is 1040 g/mol. The van der Waals surface area contributed by atoms with Gasteiger partial charge in [-0.15, -0.1) is 0 Å². The first-order chi connectivity index (χ1) is 36.1. The minimum Gasteiger partial charge on any atom is -0.353 e. The van der Waals surface area contributed by atoms with Crippen LogP contribution in [0, 0.1) is 0 Å². The lowest BCUT2D eigenvalue weighted by Crippen LogP contribution is -2.24. The van der Waals surface area contributed by atoms with E-state index in [0.29, 0.717) is 13.2 Å². The molecular formula is C66H130O7. The quantitative estimate of drug-likeness (QED) is 0.0342. The number of unbranched alkanes of at least 4 members (excludes halogenated alkanes) is 38. The zero-order chi connectivity index (χ0) is 52.9. The van der Waals surface area contributed by atoms with Gasteiger partial charge in [-0.2, -0.15) is 0 Å². The van der Waals surface area contributed by atoms with Crippen LogP contribution in [0.5, 0.6) is 0 Å². The van der Waals surface area contributed by atoms with Crippen LogP contribution in [0.1, 0.15) is 337 Å². The third-order valence-corrected chi connectivity index (χ3v) is 14.3. The molecule has 0 radical (unpaired) electrons. The predicted octanol–water partition coefficient (Wildman–Crippen LogP) is 21.6. The summed E-state index contributed by atoms with van der Waals surface area (Å²) in [6, 6.07) is 0. The summed E-state index contributed by atoms with van der Waals surface area (Å²) in [5, 5.41) is 0. The Balaban J connectivity index is 4.35. The van der Waals surface area contributed by atoms with Crippen molar-refractivity contribution < 1.29 is 33.2 Å². The second-order valence-corrected chi connectivity index (χ2v) is 21.6. The van der Waals surface area contributed by atoms with Crippen LogP contribution in [0.4, 0.5) is 0 Å². The maximum Gasteiger partial charge on any atom is 0.180 e. The number of hydrogen-bond donors (Lipinski definition) is 0. The summed E-state index contributed by atoms with van der Waals surface area (Å²) >= 11 is 0. The van der Waals surface area contributed by atoms with Crippen molar-refractivity contribution in [1.29, 1.82) is 0 Å². The third-order valence-electron chi connectivity index (χ3n) is 14.3. The first kappa shape index (κ1) is 72.2. The van der Waals surface area contributed by atoms with E-state index in [9.17, 15) is 0 Å². The third kappa shape index (κ3) is 57.2. The molecule has 0 saturated heterocycles. The van der Waals surface area contributed by atoms with Gasteiger partial charge in [-0.1, -0.05) is 258 Å². The van der Waals surface area contributed by atoms with Crippen molar-refractivity contribution in [3.8, 4) is 0 Å². The van der Waals surface area contributed by atoms with Gasteiger partial charge in [-0.05, 0) is 103 Å². The van der Waals surface area contributed by atoms with Gasteiger partial charge < -0.3 is 33.2 Å². The molecule has 0 fully saturated rings. The molecule has 0 aliphatic carbocycles. The molecule has 7 heteroatoms. The molecule has 0 N–H and O–H groups in total. The maximum atomic E-state index is 6.30. The SMILES string of the molecule is CCCCCCCCCOC(CCCCCCCCCC=CC(OCC)OC(C=CCCCCCCCCCC(OCCCCCCCCC)OCCCCCCCCC)OCC)OCCCCCCCCC. The molecule has 436 valence electrons. The van der Waals surface area contributed by atoms with Crippen LogP contribution in [0.2, 0.25) is 0 Å². The summed E-state index contributed by atoms with van der Waals surface area (Å²) in [5.41, 5.74) is 0. The number of allylic oxidation sites excluding steroid dienone is 2. The van der Waals surface area contributed by atoms with Crippen molar-refractivity contribution in [2.24, 2.45) is 0 Å². The largest absolute Gasteiger partial charge is 0.353 e. The second-order valence-electron chi connectivity index (χ2n) is 21.6. The Morgan fingerprint density at radius 1 is 0.247 bits per heavy atom. The van der Waals surface area contributed by atoms with E-state index in [0.717, 1.165) is 52.1 Å². The van der Waals surface area contributed by atoms with Gasteiger partial charge in [0.25, 0.3) is 0 Å². The molecule has 0 saturated carbocycles. The van der Waals surface area contributed by atoms with E-state index in [2.05, 4.69) is 52.0 Å². The minimum atomic E-state index is -0.391. The van der Waals surface area contributed by atoms with Crippen molar-refractivity contribution in [3.63, 3.8) is 0 Å². The topological polar surface area (TPSA) is 64.6 Å². The first-order valence-corrected chi connectivity index (χ1v) is 32.8. The van der Waals surface area contributed by atoms with Crippen LogP contribution >= 0.6 is 0 Å². The summed E-state index contributed by atoms with van der Waals surface area (Å²) in [5.74, 6) is 0. The molecule has 0 aromatic heterocycles. The molecule has 2 atom stereocenters. The molecule has 0 aliphatic heterocycles. The van der Waals surface area contributed by atoms with Gasteiger partial charge in [-0.3, -0.25) is 0 Å². The molecular weight excluding hydrogens is 905 g/mol. The molecule has 2 unspecified atom stereocenters. The van der Waals surface area contributed by atoms with Gasteiger partial charge in [-0.25, -0.2) is 0 Å². The molecule has 0 aromatic rings. The highest BCUT2D eigenvalue weighted by Crippen LogP contribution is 2.19. The fourth-order valence-corrected chi connectivity index (χ4v) is 9.60. The molecule has 73 heavy (non-hydrogen) atoms. The molecule has 0 amide bonds. The number of rotatable bonds is 64. The van der Waals surface area contributed by atoms with Crippen molar-refractivity contribution in [2.75, 3.05) is 39.6 Å². The average Bonchev–Trinajstić information content (AvgIpc) is 3.39. The Hall–Kier alpha value is -0.800. The fraction of sp³-hybridized carbons (Fsp3) is 0.939. The standard InChI is InChI=1S/C66H130O7/c1-7-13-17-21-35-43-51-59-69-63(70-60-52-44-36-22-18-14-8-2)55-47-39-31-27-25-29-33-41-49-57-65(67-11-5)73-66(68-12-6)58-50-42-34-30-26-28-32-40-48-56-64(71-61-53-45-37-23-19-15-9-3)72-62-54-46-38-24-20-16-10-4/h49-50,57-58,63-66H,7-48,51-56,59-62H2,1-6H3. The van der Waals surface area contributed by atoms with E-state index >= 15 is 0 Å². The molecule has 0 aliphatic rings. The van der Waals surface area contributed by atoms with Gasteiger partial charge in [0.1, 0.15) is 0 Å². The van der Waals surface area contributed by atoms with E-state index in [1.54, 1.807) is 0 Å². The lowest BCUT2D eigenvalue weighted by Gasteiger charge is -2.20. The Morgan fingerprint density at radius 2 is 0.479 bits per heavy atom. The summed E-state index contributed by atoms with van der Waals surface area (Å²) < 4.78 is 43.4. The molecule has 7 nitrogen and oxygen atoms in total. The van der Waals surface area contributed by atoms with E-state index in [-0.39, 0.29) is 12.6 Å². The van der Waals surface area contributed by atoms with Crippen LogP contribution in [-0.4, -0.2) is 64.8 Å². The van der Waals surface area contributed by atoms with Gasteiger partial charge in [0.2, 0.25) is 0 Å². The van der Waals surface area contributed by atoms with E-state index in [1.165, 1.54) is 270 Å². The van der Waals surface area contributed by atoms with Gasteiger partial charge in [0, 0.05) is 39.6 Å². The lowest BCUT2D eigenvalue weighted by atomic mass is 10.1. The maximum absolute atomic E-state index is 6.30. The van der Waals surface area contributed by atoms with Gasteiger partial charge >= 0.3 is 0 Å². The van der Waals surface area contributed by atoms with Crippen LogP contribution in [0.25, 0.3) is 0 Å². The summed E-state index contributed by atoms with van der Waals surface area (Å²) in [6.45, 7) is 17.8. The monoisotopic (exact) mass is 1030 g/mol. The zero-order valence-corrected chi connectivity index (χ0v) is 50.2. The van der Waals surface area contributed by atoms with E-state index in [1.807, 2.05) is 13.8 Å². The van der Waals surface area contributed by atoms with Crippen LogP contribution in [0.15, 0.2) is 24.3 Å². The highest BCUT2D eigenvalue weighted by atomic mass is 16.8.